The van der Waals surface area contributed by atoms with Crippen LogP contribution in [0.15, 0.2) is 60.8 Å². The van der Waals surface area contributed by atoms with Crippen molar-refractivity contribution in [3.05, 3.63) is 71.9 Å². The van der Waals surface area contributed by atoms with E-state index in [9.17, 15) is 33.1 Å². The van der Waals surface area contributed by atoms with Crippen LogP contribution < -0.4 is 49.6 Å². The fourth-order valence-electron chi connectivity index (χ4n) is 3.54. The Balaban J connectivity index is 0.00000456. The maximum absolute atomic E-state index is 13.0. The number of nitrogens with zero attached hydrogens (tertiary/aromatic N) is 2. The quantitative estimate of drug-likeness (QED) is 0.324. The largest absolute Gasteiger partial charge is 1.00 e. The molecule has 0 fully saturated rings. The number of carbonyl (C=O) groups is 4. The molecule has 0 aromatic heterocycles. The van der Waals surface area contributed by atoms with Crippen LogP contribution in [0.25, 0.3) is 0 Å². The molecule has 2 aromatic rings. The van der Waals surface area contributed by atoms with Gasteiger partial charge in [-0.1, -0.05) is 30.3 Å². The summed E-state index contributed by atoms with van der Waals surface area (Å²) in [4.78, 5) is 51.3. The van der Waals surface area contributed by atoms with Gasteiger partial charge in [-0.15, -0.1) is 0 Å². The molecule has 12 heteroatoms. The Morgan fingerprint density at radius 1 is 1.17 bits per heavy atom. The zero-order valence-electron chi connectivity index (χ0n) is 19.6. The van der Waals surface area contributed by atoms with Gasteiger partial charge in [0.1, 0.15) is 5.75 Å². The Kier molecular flexibility index (Phi) is 10.6. The van der Waals surface area contributed by atoms with E-state index in [4.69, 9.17) is 0 Å². The zero-order chi connectivity index (χ0) is 25.5. The van der Waals surface area contributed by atoms with Crippen molar-refractivity contribution in [3.8, 4) is 5.75 Å². The first kappa shape index (κ1) is 29.0. The van der Waals surface area contributed by atoms with E-state index in [0.29, 0.717) is 11.1 Å². The Morgan fingerprint density at radius 3 is 2.58 bits per heavy atom. The van der Waals surface area contributed by atoms with Crippen LogP contribution in [0.2, 0.25) is 0 Å². The number of alkyl halides is 2. The average Bonchev–Trinajstić information content (AvgIpc) is 2.80. The standard InChI is InChI=1S/C24H23F2N3O6.Na/c1-28-12-10-18(30)21(22(28)33)29(24(34)27-11-9-20(31)32)17-7-4-5-15(14-17)13-16-6-2-3-8-19(16)35-23(25)26;/h2-8,10,12,14,21,23H,9,11,13H2,1H3,(H,27,34)(H,31,32);/q;+1/p-1/t21-;/m0./s1. The minimum absolute atomic E-state index is 0. The van der Waals surface area contributed by atoms with Crippen LogP contribution in [-0.2, 0) is 20.8 Å². The molecule has 1 N–H and O–H groups in total. The molecule has 0 radical (unpaired) electrons. The second-order valence-electron chi connectivity index (χ2n) is 7.63. The number of ketones is 1. The second-order valence-corrected chi connectivity index (χ2v) is 7.63. The minimum atomic E-state index is -3.00. The van der Waals surface area contributed by atoms with Crippen molar-refractivity contribution >= 4 is 29.4 Å². The van der Waals surface area contributed by atoms with Gasteiger partial charge in [0, 0.05) is 50.4 Å². The van der Waals surface area contributed by atoms with Gasteiger partial charge < -0.3 is 24.9 Å². The van der Waals surface area contributed by atoms with Gasteiger partial charge in [0.2, 0.25) is 0 Å². The molecule has 9 nitrogen and oxygen atoms in total. The molecule has 0 aliphatic carbocycles. The topological polar surface area (TPSA) is 119 Å². The van der Waals surface area contributed by atoms with Crippen LogP contribution in [0.5, 0.6) is 5.75 Å². The minimum Gasteiger partial charge on any atom is -0.550 e. The van der Waals surface area contributed by atoms with Crippen LogP contribution in [0.3, 0.4) is 0 Å². The number of carbonyl (C=O) groups excluding carboxylic acids is 4. The van der Waals surface area contributed by atoms with E-state index in [0.717, 1.165) is 15.9 Å². The Morgan fingerprint density at radius 2 is 1.89 bits per heavy atom. The molecule has 1 heterocycles. The molecule has 0 saturated heterocycles. The maximum atomic E-state index is 13.0. The summed E-state index contributed by atoms with van der Waals surface area (Å²) in [6.45, 7) is -3.28. The number of amides is 3. The van der Waals surface area contributed by atoms with Crippen LogP contribution >= 0.6 is 0 Å². The fraction of sp³-hybridized carbons (Fsp3) is 0.250. The fourth-order valence-corrected chi connectivity index (χ4v) is 3.54. The first-order chi connectivity index (χ1) is 16.7. The number of rotatable bonds is 9. The molecule has 0 bridgehead atoms. The molecule has 0 unspecified atom stereocenters. The van der Waals surface area contributed by atoms with Gasteiger partial charge >= 0.3 is 42.2 Å². The van der Waals surface area contributed by atoms with Gasteiger partial charge in [-0.2, -0.15) is 8.78 Å². The van der Waals surface area contributed by atoms with Crippen molar-refractivity contribution in [1.82, 2.24) is 10.2 Å². The molecule has 2 aromatic carbocycles. The summed E-state index contributed by atoms with van der Waals surface area (Å²) >= 11 is 0. The van der Waals surface area contributed by atoms with Crippen molar-refractivity contribution in [3.63, 3.8) is 0 Å². The Bertz CT molecular complexity index is 1160. The summed E-state index contributed by atoms with van der Waals surface area (Å²) in [5, 5.41) is 13.1. The van der Waals surface area contributed by atoms with Gasteiger partial charge in [0.25, 0.3) is 5.91 Å². The molecule has 184 valence electrons. The normalized spacial score (nSPS) is 14.9. The van der Waals surface area contributed by atoms with Crippen molar-refractivity contribution < 1.29 is 67.4 Å². The SMILES string of the molecule is CN1C=CC(=O)[C@H](N(C(=O)NCCC(=O)[O-])c2cccc(Cc3ccccc3OC(F)F)c2)C1=O.[Na+]. The number of para-hydroxylation sites is 1. The number of aliphatic carboxylic acids is 1. The number of nitrogens with one attached hydrogen (secondary N) is 1. The first-order valence-corrected chi connectivity index (χ1v) is 10.5. The number of benzene rings is 2. The van der Waals surface area contributed by atoms with Gasteiger partial charge in [-0.25, -0.2) is 4.79 Å². The van der Waals surface area contributed by atoms with E-state index in [1.54, 1.807) is 30.3 Å². The number of likely N-dealkylation sites (N-methyl/N-ethyl adjacent to an activating group) is 1. The summed E-state index contributed by atoms with van der Waals surface area (Å²) in [7, 11) is 1.43. The molecular formula is C24H22F2N3NaO6. The third-order valence-corrected chi connectivity index (χ3v) is 5.17. The molecule has 3 rings (SSSR count). The monoisotopic (exact) mass is 509 g/mol. The van der Waals surface area contributed by atoms with E-state index in [1.807, 2.05) is 0 Å². The summed E-state index contributed by atoms with van der Waals surface area (Å²) in [6.07, 6.45) is 2.13. The van der Waals surface area contributed by atoms with Crippen molar-refractivity contribution in [2.45, 2.75) is 25.5 Å². The van der Waals surface area contributed by atoms with Gasteiger partial charge in [0.05, 0.1) is 0 Å². The molecule has 0 saturated carbocycles. The summed E-state index contributed by atoms with van der Waals surface area (Å²) in [5.41, 5.74) is 1.22. The van der Waals surface area contributed by atoms with Crippen LogP contribution in [-0.4, -0.2) is 54.8 Å². The van der Waals surface area contributed by atoms with E-state index >= 15 is 0 Å². The number of hydrogen-bond acceptors (Lipinski definition) is 6. The van der Waals surface area contributed by atoms with Crippen molar-refractivity contribution in [1.29, 1.82) is 0 Å². The maximum Gasteiger partial charge on any atom is 1.00 e. The Hall–Kier alpha value is -3.28. The number of ether oxygens (including phenoxy) is 1. The predicted molar refractivity (Wildman–Crippen MR) is 119 cm³/mol. The average molecular weight is 509 g/mol. The molecule has 1 atom stereocenters. The van der Waals surface area contributed by atoms with E-state index in [1.165, 1.54) is 31.4 Å². The van der Waals surface area contributed by atoms with Crippen LogP contribution in [0.1, 0.15) is 17.5 Å². The first-order valence-electron chi connectivity index (χ1n) is 10.5. The van der Waals surface area contributed by atoms with E-state index in [2.05, 4.69) is 10.1 Å². The summed E-state index contributed by atoms with van der Waals surface area (Å²) in [5.74, 6) is -2.68. The molecule has 1 aliphatic rings. The number of halogens is 2. The third-order valence-electron chi connectivity index (χ3n) is 5.17. The molecule has 0 spiro atoms. The van der Waals surface area contributed by atoms with Gasteiger partial charge in [-0.05, 0) is 29.3 Å². The third kappa shape index (κ3) is 7.36. The van der Waals surface area contributed by atoms with Crippen LogP contribution in [0.4, 0.5) is 19.3 Å². The number of hydrogen-bond donors (Lipinski definition) is 1. The molecule has 3 amide bonds. The zero-order valence-corrected chi connectivity index (χ0v) is 21.6. The molecule has 36 heavy (non-hydrogen) atoms. The predicted octanol–water partition coefficient (Wildman–Crippen LogP) is -1.54. The Labute approximate surface area is 228 Å². The number of carboxylic acid groups (broad SMARTS) is 1. The van der Waals surface area contributed by atoms with Crippen LogP contribution in [0, 0.1) is 0 Å². The van der Waals surface area contributed by atoms with Crippen molar-refractivity contribution in [2.75, 3.05) is 18.5 Å². The summed E-state index contributed by atoms with van der Waals surface area (Å²) < 4.78 is 30.1. The van der Waals surface area contributed by atoms with E-state index in [-0.39, 0.29) is 54.0 Å². The van der Waals surface area contributed by atoms with Gasteiger partial charge in [-0.3, -0.25) is 14.5 Å². The second kappa shape index (κ2) is 13.1. The van der Waals surface area contributed by atoms with Crippen molar-refractivity contribution in [2.24, 2.45) is 0 Å². The number of carboxylic acids is 1. The van der Waals surface area contributed by atoms with E-state index < -0.39 is 42.8 Å². The summed E-state index contributed by atoms with van der Waals surface area (Å²) in [6, 6.07) is 10.2. The van der Waals surface area contributed by atoms with Gasteiger partial charge in [0.15, 0.2) is 11.8 Å². The number of urea groups is 1. The number of anilines is 1. The molecule has 1 aliphatic heterocycles. The molecular weight excluding hydrogens is 487 g/mol. The smallest absolute Gasteiger partial charge is 0.550 e.